The number of hydrogen-bond acceptors (Lipinski definition) is 4. The van der Waals surface area contributed by atoms with Crippen LogP contribution in [0.2, 0.25) is 0 Å². The van der Waals surface area contributed by atoms with Crippen molar-refractivity contribution in [2.24, 2.45) is 17.6 Å². The van der Waals surface area contributed by atoms with Gasteiger partial charge in [0.25, 0.3) is 0 Å². The molecule has 0 aliphatic heterocycles. The molecule has 5 nitrogen and oxygen atoms in total. The molecule has 2 aliphatic rings. The third kappa shape index (κ3) is 6.45. The first-order valence-electron chi connectivity index (χ1n) is 10.6. The topological polar surface area (TPSA) is 61.6 Å². The SMILES string of the molecule is CCCN(CC(C)N)C1=C(F)C=C(N(CC(CNC)C2CC2)C(C)=O)CC=C1. The number of halogens is 1. The predicted octanol–water partition coefficient (Wildman–Crippen LogP) is 3.16. The second-order valence-corrected chi connectivity index (χ2v) is 8.18. The molecule has 0 aromatic heterocycles. The Morgan fingerprint density at radius 1 is 1.39 bits per heavy atom. The van der Waals surface area contributed by atoms with Crippen LogP contribution in [0.4, 0.5) is 4.39 Å². The Kier molecular flexibility index (Phi) is 8.70. The van der Waals surface area contributed by atoms with E-state index < -0.39 is 0 Å². The molecule has 28 heavy (non-hydrogen) atoms. The van der Waals surface area contributed by atoms with Gasteiger partial charge < -0.3 is 20.9 Å². The van der Waals surface area contributed by atoms with Crippen LogP contribution < -0.4 is 11.1 Å². The molecule has 2 aliphatic carbocycles. The molecular weight excluding hydrogens is 355 g/mol. The summed E-state index contributed by atoms with van der Waals surface area (Å²) in [6.07, 6.45) is 9.24. The molecule has 158 valence electrons. The average Bonchev–Trinajstić information content (AvgIpc) is 3.45. The van der Waals surface area contributed by atoms with Crippen LogP contribution in [0.25, 0.3) is 0 Å². The quantitative estimate of drug-likeness (QED) is 0.567. The molecule has 0 bridgehead atoms. The van der Waals surface area contributed by atoms with Gasteiger partial charge in [0, 0.05) is 44.7 Å². The van der Waals surface area contributed by atoms with Crippen molar-refractivity contribution in [2.45, 2.75) is 52.5 Å². The Hall–Kier alpha value is -1.66. The van der Waals surface area contributed by atoms with Crippen LogP contribution in [0.5, 0.6) is 0 Å². The van der Waals surface area contributed by atoms with E-state index in [-0.39, 0.29) is 17.8 Å². The van der Waals surface area contributed by atoms with E-state index in [1.165, 1.54) is 12.8 Å². The summed E-state index contributed by atoms with van der Waals surface area (Å²) in [5.74, 6) is 0.751. The molecule has 0 aromatic rings. The van der Waals surface area contributed by atoms with Crippen molar-refractivity contribution >= 4 is 5.91 Å². The minimum absolute atomic E-state index is 0.0290. The molecule has 2 atom stereocenters. The molecule has 1 fully saturated rings. The molecule has 3 N–H and O–H groups in total. The molecule has 1 saturated carbocycles. The van der Waals surface area contributed by atoms with E-state index >= 15 is 4.39 Å². The van der Waals surface area contributed by atoms with Crippen LogP contribution in [-0.2, 0) is 4.79 Å². The molecule has 0 saturated heterocycles. The Bertz CT molecular complexity index is 622. The van der Waals surface area contributed by atoms with E-state index in [1.54, 1.807) is 17.9 Å². The zero-order valence-corrected chi connectivity index (χ0v) is 17.9. The number of hydrogen-bond donors (Lipinski definition) is 2. The third-order valence-corrected chi connectivity index (χ3v) is 5.38. The standard InChI is InChI=1S/C22H37FN4O/c1-5-11-26(14-16(2)24)22-8-6-7-20(12-21(22)23)27(17(3)28)15-19(13-25-4)18-9-10-18/h6,8,12,16,18-19,25H,5,7,9-11,13-15,24H2,1-4H3. The van der Waals surface area contributed by atoms with Gasteiger partial charge in [-0.15, -0.1) is 0 Å². The number of rotatable bonds is 11. The highest BCUT2D eigenvalue weighted by atomic mass is 19.1. The maximum atomic E-state index is 15.2. The number of carbonyl (C=O) groups is 1. The fourth-order valence-corrected chi connectivity index (χ4v) is 3.91. The Labute approximate surface area is 169 Å². The molecular formula is C22H37FN4O. The van der Waals surface area contributed by atoms with Crippen molar-refractivity contribution in [1.82, 2.24) is 15.1 Å². The lowest BCUT2D eigenvalue weighted by molar-refractivity contribution is -0.127. The predicted molar refractivity (Wildman–Crippen MR) is 113 cm³/mol. The van der Waals surface area contributed by atoms with E-state index in [1.807, 2.05) is 31.0 Å². The molecule has 1 amide bonds. The number of nitrogens with one attached hydrogen (secondary N) is 1. The highest BCUT2D eigenvalue weighted by Crippen LogP contribution is 2.37. The number of nitrogens with zero attached hydrogens (tertiary/aromatic N) is 2. The highest BCUT2D eigenvalue weighted by molar-refractivity contribution is 5.75. The largest absolute Gasteiger partial charge is 0.368 e. The number of nitrogens with two attached hydrogens (primary N) is 1. The van der Waals surface area contributed by atoms with Crippen LogP contribution in [0.1, 0.15) is 46.5 Å². The zero-order valence-electron chi connectivity index (χ0n) is 17.9. The lowest BCUT2D eigenvalue weighted by atomic mass is 10.0. The molecule has 6 heteroatoms. The lowest BCUT2D eigenvalue weighted by Crippen LogP contribution is -2.37. The van der Waals surface area contributed by atoms with Crippen LogP contribution in [0, 0.1) is 11.8 Å². The van der Waals surface area contributed by atoms with Gasteiger partial charge in [0.15, 0.2) is 0 Å². The van der Waals surface area contributed by atoms with Crippen molar-refractivity contribution in [1.29, 1.82) is 0 Å². The van der Waals surface area contributed by atoms with E-state index in [0.717, 1.165) is 25.2 Å². The fourth-order valence-electron chi connectivity index (χ4n) is 3.91. The smallest absolute Gasteiger partial charge is 0.223 e. The summed E-state index contributed by atoms with van der Waals surface area (Å²) < 4.78 is 15.2. The van der Waals surface area contributed by atoms with Gasteiger partial charge in [-0.05, 0) is 63.8 Å². The Morgan fingerprint density at radius 2 is 2.11 bits per heavy atom. The van der Waals surface area contributed by atoms with Gasteiger partial charge in [-0.25, -0.2) is 4.39 Å². The minimum Gasteiger partial charge on any atom is -0.368 e. The van der Waals surface area contributed by atoms with Gasteiger partial charge in [0.05, 0.1) is 5.70 Å². The van der Waals surface area contributed by atoms with Crippen LogP contribution >= 0.6 is 0 Å². The number of carbonyl (C=O) groups excluding carboxylic acids is 1. The van der Waals surface area contributed by atoms with Crippen molar-refractivity contribution < 1.29 is 9.18 Å². The first kappa shape index (κ1) is 22.6. The molecule has 0 heterocycles. The number of amides is 1. The van der Waals surface area contributed by atoms with Gasteiger partial charge in [-0.3, -0.25) is 4.79 Å². The molecule has 0 radical (unpaired) electrons. The summed E-state index contributed by atoms with van der Waals surface area (Å²) in [4.78, 5) is 16.2. The van der Waals surface area contributed by atoms with Crippen LogP contribution in [0.3, 0.4) is 0 Å². The van der Waals surface area contributed by atoms with Crippen molar-refractivity contribution in [3.8, 4) is 0 Å². The van der Waals surface area contributed by atoms with Crippen molar-refractivity contribution in [3.63, 3.8) is 0 Å². The van der Waals surface area contributed by atoms with Crippen LogP contribution in [0.15, 0.2) is 35.4 Å². The third-order valence-electron chi connectivity index (χ3n) is 5.38. The van der Waals surface area contributed by atoms with Gasteiger partial charge in [-0.2, -0.15) is 0 Å². The fraction of sp³-hybridized carbons (Fsp3) is 0.682. The number of allylic oxidation sites excluding steroid dienone is 4. The van der Waals surface area contributed by atoms with Crippen molar-refractivity contribution in [3.05, 3.63) is 35.4 Å². The van der Waals surface area contributed by atoms with Crippen molar-refractivity contribution in [2.75, 3.05) is 33.2 Å². The van der Waals surface area contributed by atoms with E-state index in [4.69, 9.17) is 5.73 Å². The summed E-state index contributed by atoms with van der Waals surface area (Å²) in [6, 6.07) is -0.0403. The molecule has 2 unspecified atom stereocenters. The Morgan fingerprint density at radius 3 is 2.64 bits per heavy atom. The van der Waals surface area contributed by atoms with E-state index in [9.17, 15) is 4.79 Å². The van der Waals surface area contributed by atoms with Gasteiger partial charge in [0.1, 0.15) is 5.83 Å². The maximum Gasteiger partial charge on any atom is 0.223 e. The summed E-state index contributed by atoms with van der Waals surface area (Å²) in [5.41, 5.74) is 7.26. The second kappa shape index (κ2) is 10.8. The van der Waals surface area contributed by atoms with E-state index in [0.29, 0.717) is 37.0 Å². The molecule has 0 spiro atoms. The Balaban J connectivity index is 2.26. The highest BCUT2D eigenvalue weighted by Gasteiger charge is 2.33. The first-order chi connectivity index (χ1) is 13.4. The second-order valence-electron chi connectivity index (χ2n) is 8.18. The first-order valence-corrected chi connectivity index (χ1v) is 10.6. The van der Waals surface area contributed by atoms with Gasteiger partial charge >= 0.3 is 0 Å². The normalized spacial score (nSPS) is 19.1. The monoisotopic (exact) mass is 392 g/mol. The van der Waals surface area contributed by atoms with Gasteiger partial charge in [0.2, 0.25) is 5.91 Å². The summed E-state index contributed by atoms with van der Waals surface area (Å²) >= 11 is 0. The summed E-state index contributed by atoms with van der Waals surface area (Å²) in [7, 11) is 1.94. The van der Waals surface area contributed by atoms with Gasteiger partial charge in [-0.1, -0.05) is 13.0 Å². The summed E-state index contributed by atoms with van der Waals surface area (Å²) in [6.45, 7) is 8.44. The molecule has 0 aromatic carbocycles. The summed E-state index contributed by atoms with van der Waals surface area (Å²) in [5, 5.41) is 3.24. The van der Waals surface area contributed by atoms with E-state index in [2.05, 4.69) is 12.2 Å². The zero-order chi connectivity index (χ0) is 20.7. The lowest BCUT2D eigenvalue weighted by Gasteiger charge is -2.29. The molecule has 2 rings (SSSR count). The maximum absolute atomic E-state index is 15.2. The minimum atomic E-state index is -0.291. The average molecular weight is 393 g/mol. The van der Waals surface area contributed by atoms with Crippen LogP contribution in [-0.4, -0.2) is 55.0 Å².